The third kappa shape index (κ3) is 3.68. The van der Waals surface area contributed by atoms with E-state index in [1.807, 2.05) is 56.6 Å². The minimum Gasteiger partial charge on any atom is -0.351 e. The van der Waals surface area contributed by atoms with E-state index in [-0.39, 0.29) is 11.9 Å². The van der Waals surface area contributed by atoms with Gasteiger partial charge in [-0.3, -0.25) is 4.79 Å². The molecule has 0 unspecified atom stereocenters. The zero-order chi connectivity index (χ0) is 17.1. The highest BCUT2D eigenvalue weighted by Crippen LogP contribution is 2.21. The molecule has 0 spiro atoms. The Labute approximate surface area is 150 Å². The second-order valence-corrected chi connectivity index (χ2v) is 6.93. The molecule has 5 heteroatoms. The fourth-order valence-electron chi connectivity index (χ4n) is 2.78. The second kappa shape index (κ2) is 7.20. The molecule has 2 N–H and O–H groups in total. The molecule has 1 amide bonds. The Kier molecular flexibility index (Phi) is 5.02. The lowest BCUT2D eigenvalue weighted by Gasteiger charge is -2.25. The predicted molar refractivity (Wildman–Crippen MR) is 101 cm³/mol. The lowest BCUT2D eigenvalue weighted by molar-refractivity contribution is 0.0938. The Morgan fingerprint density at radius 2 is 1.92 bits per heavy atom. The quantitative estimate of drug-likeness (QED) is 0.697. The van der Waals surface area contributed by atoms with Crippen molar-refractivity contribution >= 4 is 32.7 Å². The number of likely N-dealkylation sites (N-methyl/N-ethyl adjacent to an activating group) is 1. The molecule has 0 radical (unpaired) electrons. The lowest BCUT2D eigenvalue weighted by atomic mass is 10.1. The van der Waals surface area contributed by atoms with Crippen LogP contribution in [0.25, 0.3) is 10.9 Å². The van der Waals surface area contributed by atoms with Gasteiger partial charge in [0.05, 0.1) is 6.04 Å². The van der Waals surface area contributed by atoms with Crippen molar-refractivity contribution in [1.82, 2.24) is 15.2 Å². The number of carbonyl (C=O) groups excluding carboxylic acids is 1. The van der Waals surface area contributed by atoms with Crippen molar-refractivity contribution in [2.24, 2.45) is 0 Å². The van der Waals surface area contributed by atoms with Gasteiger partial charge in [0.2, 0.25) is 0 Å². The maximum absolute atomic E-state index is 12.5. The maximum atomic E-state index is 12.5. The summed E-state index contributed by atoms with van der Waals surface area (Å²) in [5.41, 5.74) is 2.72. The first-order chi connectivity index (χ1) is 11.5. The van der Waals surface area contributed by atoms with Crippen molar-refractivity contribution < 1.29 is 4.79 Å². The van der Waals surface area contributed by atoms with Gasteiger partial charge in [-0.2, -0.15) is 0 Å². The van der Waals surface area contributed by atoms with Crippen LogP contribution in [0.15, 0.2) is 59.1 Å². The summed E-state index contributed by atoms with van der Waals surface area (Å²) >= 11 is 3.45. The first-order valence-corrected chi connectivity index (χ1v) is 8.62. The van der Waals surface area contributed by atoms with Gasteiger partial charge in [0.1, 0.15) is 5.69 Å². The van der Waals surface area contributed by atoms with Gasteiger partial charge in [0.15, 0.2) is 0 Å². The Morgan fingerprint density at radius 3 is 2.62 bits per heavy atom. The second-order valence-electron chi connectivity index (χ2n) is 6.01. The standard InChI is InChI=1S/C19H20BrN3O/c1-23(2)18(13-6-4-3-5-7-13)12-21-19(24)17-11-14-10-15(20)8-9-16(14)22-17/h3-11,18,22H,12H2,1-2H3,(H,21,24)/t18-/m0/s1. The molecule has 4 nitrogen and oxygen atoms in total. The van der Waals surface area contributed by atoms with Crippen LogP contribution in [-0.4, -0.2) is 36.4 Å². The molecule has 1 atom stereocenters. The molecule has 0 aliphatic heterocycles. The van der Waals surface area contributed by atoms with Crippen LogP contribution in [0.1, 0.15) is 22.1 Å². The Hall–Kier alpha value is -2.11. The van der Waals surface area contributed by atoms with Crippen molar-refractivity contribution in [2.75, 3.05) is 20.6 Å². The summed E-state index contributed by atoms with van der Waals surface area (Å²) in [6.45, 7) is 0.551. The number of fused-ring (bicyclic) bond motifs is 1. The first-order valence-electron chi connectivity index (χ1n) is 7.82. The number of H-pyrrole nitrogens is 1. The minimum atomic E-state index is -0.0925. The van der Waals surface area contributed by atoms with E-state index in [2.05, 4.69) is 43.3 Å². The van der Waals surface area contributed by atoms with Crippen molar-refractivity contribution in [2.45, 2.75) is 6.04 Å². The monoisotopic (exact) mass is 385 g/mol. The molecule has 124 valence electrons. The van der Waals surface area contributed by atoms with Crippen LogP contribution < -0.4 is 5.32 Å². The average molecular weight is 386 g/mol. The maximum Gasteiger partial charge on any atom is 0.267 e. The number of rotatable bonds is 5. The Balaban J connectivity index is 1.73. The van der Waals surface area contributed by atoms with Crippen LogP contribution in [0.4, 0.5) is 0 Å². The first kappa shape index (κ1) is 16.7. The van der Waals surface area contributed by atoms with Gasteiger partial charge in [-0.1, -0.05) is 46.3 Å². The van der Waals surface area contributed by atoms with Gasteiger partial charge in [-0.05, 0) is 43.9 Å². The topological polar surface area (TPSA) is 48.1 Å². The van der Waals surface area contributed by atoms with Crippen LogP contribution in [0, 0.1) is 0 Å². The average Bonchev–Trinajstić information content (AvgIpc) is 2.98. The van der Waals surface area contributed by atoms with Gasteiger partial charge in [0.25, 0.3) is 5.91 Å². The fourth-order valence-corrected chi connectivity index (χ4v) is 3.16. The molecule has 2 aromatic carbocycles. The highest BCUT2D eigenvalue weighted by molar-refractivity contribution is 9.10. The molecule has 3 rings (SSSR count). The highest BCUT2D eigenvalue weighted by atomic mass is 79.9. The van der Waals surface area contributed by atoms with Crippen LogP contribution in [-0.2, 0) is 0 Å². The number of hydrogen-bond acceptors (Lipinski definition) is 2. The van der Waals surface area contributed by atoms with Crippen LogP contribution in [0.5, 0.6) is 0 Å². The van der Waals surface area contributed by atoms with Gasteiger partial charge in [-0.15, -0.1) is 0 Å². The van der Waals surface area contributed by atoms with Gasteiger partial charge >= 0.3 is 0 Å². The van der Waals surface area contributed by atoms with E-state index in [0.29, 0.717) is 12.2 Å². The zero-order valence-corrected chi connectivity index (χ0v) is 15.3. The number of halogens is 1. The number of nitrogens with one attached hydrogen (secondary N) is 2. The van der Waals surface area contributed by atoms with E-state index in [1.165, 1.54) is 5.56 Å². The predicted octanol–water partition coefficient (Wildman–Crippen LogP) is 3.96. The molecule has 0 saturated heterocycles. The molecule has 0 aliphatic rings. The number of hydrogen-bond donors (Lipinski definition) is 2. The molecule has 0 fully saturated rings. The number of aromatic amines is 1. The number of benzene rings is 2. The van der Waals surface area contributed by atoms with Crippen molar-refractivity contribution in [3.8, 4) is 0 Å². The minimum absolute atomic E-state index is 0.0925. The van der Waals surface area contributed by atoms with Crippen molar-refractivity contribution in [1.29, 1.82) is 0 Å². The van der Waals surface area contributed by atoms with E-state index in [0.717, 1.165) is 15.4 Å². The Morgan fingerprint density at radius 1 is 1.17 bits per heavy atom. The zero-order valence-electron chi connectivity index (χ0n) is 13.7. The van der Waals surface area contributed by atoms with E-state index < -0.39 is 0 Å². The van der Waals surface area contributed by atoms with E-state index in [9.17, 15) is 4.79 Å². The van der Waals surface area contributed by atoms with Crippen molar-refractivity contribution in [3.63, 3.8) is 0 Å². The molecule has 0 aliphatic carbocycles. The highest BCUT2D eigenvalue weighted by Gasteiger charge is 2.16. The van der Waals surface area contributed by atoms with Crippen molar-refractivity contribution in [3.05, 3.63) is 70.3 Å². The number of aromatic nitrogens is 1. The molecule has 3 aromatic rings. The summed E-state index contributed by atoms with van der Waals surface area (Å²) < 4.78 is 0.998. The molecular formula is C19H20BrN3O. The van der Waals surface area contributed by atoms with Crippen LogP contribution in [0.2, 0.25) is 0 Å². The number of amides is 1. The Bertz CT molecular complexity index is 842. The van der Waals surface area contributed by atoms with E-state index in [4.69, 9.17) is 0 Å². The summed E-state index contributed by atoms with van der Waals surface area (Å²) in [7, 11) is 4.04. The molecule has 1 aromatic heterocycles. The lowest BCUT2D eigenvalue weighted by Crippen LogP contribution is -2.34. The summed E-state index contributed by atoms with van der Waals surface area (Å²) in [5, 5.41) is 4.05. The largest absolute Gasteiger partial charge is 0.351 e. The third-order valence-electron chi connectivity index (χ3n) is 4.09. The SMILES string of the molecule is CN(C)[C@@H](CNC(=O)c1cc2cc(Br)ccc2[nH]1)c1ccccc1. The van der Waals surface area contributed by atoms with Crippen LogP contribution in [0.3, 0.4) is 0 Å². The molecule has 24 heavy (non-hydrogen) atoms. The number of nitrogens with zero attached hydrogens (tertiary/aromatic N) is 1. The van der Waals surface area contributed by atoms with Gasteiger partial charge < -0.3 is 15.2 Å². The summed E-state index contributed by atoms with van der Waals surface area (Å²) in [6.07, 6.45) is 0. The molecule has 1 heterocycles. The fraction of sp³-hybridized carbons (Fsp3) is 0.211. The normalized spacial score (nSPS) is 12.5. The summed E-state index contributed by atoms with van der Waals surface area (Å²) in [4.78, 5) is 17.8. The van der Waals surface area contributed by atoms with E-state index in [1.54, 1.807) is 0 Å². The van der Waals surface area contributed by atoms with E-state index >= 15 is 0 Å². The smallest absolute Gasteiger partial charge is 0.267 e. The summed E-state index contributed by atoms with van der Waals surface area (Å²) in [5.74, 6) is -0.0925. The molecular weight excluding hydrogens is 366 g/mol. The van der Waals surface area contributed by atoms with Gasteiger partial charge in [0, 0.05) is 21.9 Å². The third-order valence-corrected chi connectivity index (χ3v) is 4.58. The summed E-state index contributed by atoms with van der Waals surface area (Å²) in [6, 6.07) is 18.1. The molecule has 0 bridgehead atoms. The van der Waals surface area contributed by atoms with Crippen LogP contribution >= 0.6 is 15.9 Å². The molecule has 0 saturated carbocycles. The number of carbonyl (C=O) groups is 1. The van der Waals surface area contributed by atoms with Gasteiger partial charge in [-0.25, -0.2) is 0 Å².